The molecule has 0 N–H and O–H groups in total. The molecule has 0 aliphatic rings. The fraction of sp³-hybridized carbons (Fsp3) is 0.636. The molecule has 3 nitrogen and oxygen atoms in total. The van der Waals surface area contributed by atoms with Gasteiger partial charge in [0.2, 0.25) is 0 Å². The van der Waals surface area contributed by atoms with E-state index >= 15 is 0 Å². The summed E-state index contributed by atoms with van der Waals surface area (Å²) < 4.78 is 37.4. The zero-order valence-electron chi connectivity index (χ0n) is 10.0. The van der Waals surface area contributed by atoms with Gasteiger partial charge in [-0.2, -0.15) is 13.2 Å². The Morgan fingerprint density at radius 1 is 1.33 bits per heavy atom. The second-order valence-electron chi connectivity index (χ2n) is 3.84. The van der Waals surface area contributed by atoms with Gasteiger partial charge >= 0.3 is 6.18 Å². The molecule has 0 bridgehead atoms. The Balaban J connectivity index is 2.87. The lowest BCUT2D eigenvalue weighted by Crippen LogP contribution is -2.36. The first-order valence-corrected chi connectivity index (χ1v) is 6.77. The maximum Gasteiger partial charge on any atom is 0.405 e. The maximum atomic E-state index is 12.5. The summed E-state index contributed by atoms with van der Waals surface area (Å²) in [6.07, 6.45) is -1.28. The van der Waals surface area contributed by atoms with Crippen LogP contribution in [0, 0.1) is 0 Å². The largest absolute Gasteiger partial charge is 0.405 e. The quantitative estimate of drug-likeness (QED) is 0.752. The van der Waals surface area contributed by atoms with Crippen LogP contribution in [-0.2, 0) is 6.42 Å². The van der Waals surface area contributed by atoms with E-state index in [0.717, 1.165) is 18.5 Å². The van der Waals surface area contributed by atoms with Crippen molar-refractivity contribution in [2.45, 2.75) is 25.9 Å². The number of hydrogen-bond acceptors (Lipinski definition) is 3. The van der Waals surface area contributed by atoms with E-state index in [9.17, 15) is 13.2 Å². The minimum atomic E-state index is -4.24. The second-order valence-corrected chi connectivity index (χ2v) is 4.64. The Labute approximate surface area is 113 Å². The number of aromatic nitrogens is 2. The highest BCUT2D eigenvalue weighted by atomic mass is 79.9. The fourth-order valence-corrected chi connectivity index (χ4v) is 1.97. The van der Waals surface area contributed by atoms with Gasteiger partial charge < -0.3 is 4.90 Å². The van der Waals surface area contributed by atoms with Crippen molar-refractivity contribution >= 4 is 21.7 Å². The van der Waals surface area contributed by atoms with Crippen LogP contribution in [0.4, 0.5) is 19.0 Å². The Morgan fingerprint density at radius 3 is 2.61 bits per heavy atom. The molecule has 0 spiro atoms. The minimum Gasteiger partial charge on any atom is -0.347 e. The van der Waals surface area contributed by atoms with Crippen molar-refractivity contribution in [3.63, 3.8) is 0 Å². The second kappa shape index (κ2) is 6.92. The molecule has 0 atom stereocenters. The zero-order valence-corrected chi connectivity index (χ0v) is 11.6. The predicted molar refractivity (Wildman–Crippen MR) is 68.1 cm³/mol. The maximum absolute atomic E-state index is 12.5. The molecule has 0 unspecified atom stereocenters. The van der Waals surface area contributed by atoms with Crippen LogP contribution in [0.2, 0.25) is 0 Å². The molecule has 1 rings (SSSR count). The molecule has 1 aromatic heterocycles. The molecule has 0 saturated heterocycles. The van der Waals surface area contributed by atoms with Gasteiger partial charge in [-0.15, -0.1) is 0 Å². The van der Waals surface area contributed by atoms with Gasteiger partial charge in [0.25, 0.3) is 0 Å². The summed E-state index contributed by atoms with van der Waals surface area (Å²) in [5.74, 6) is 0.324. The van der Waals surface area contributed by atoms with Gasteiger partial charge in [0, 0.05) is 23.6 Å². The highest BCUT2D eigenvalue weighted by Crippen LogP contribution is 2.21. The standard InChI is InChI=1S/C11H15BrF3N3/c1-2-3-9-6-10(17-8-16-9)18(5-4-12)7-11(13,14)15/h6,8H,2-5,7H2,1H3. The van der Waals surface area contributed by atoms with Crippen molar-refractivity contribution in [1.82, 2.24) is 9.97 Å². The first-order chi connectivity index (χ1) is 8.46. The van der Waals surface area contributed by atoms with Gasteiger partial charge in [-0.25, -0.2) is 9.97 Å². The summed E-state index contributed by atoms with van der Waals surface area (Å²) in [7, 11) is 0. The summed E-state index contributed by atoms with van der Waals surface area (Å²) in [5, 5.41) is 0.455. The van der Waals surface area contributed by atoms with E-state index in [1.54, 1.807) is 6.07 Å². The molecule has 0 radical (unpaired) electrons. The van der Waals surface area contributed by atoms with E-state index in [1.165, 1.54) is 11.2 Å². The molecule has 18 heavy (non-hydrogen) atoms. The van der Waals surface area contributed by atoms with E-state index < -0.39 is 12.7 Å². The monoisotopic (exact) mass is 325 g/mol. The lowest BCUT2D eigenvalue weighted by Gasteiger charge is -2.24. The van der Waals surface area contributed by atoms with E-state index in [1.807, 2.05) is 6.92 Å². The molecule has 0 aliphatic heterocycles. The average molecular weight is 326 g/mol. The van der Waals surface area contributed by atoms with Gasteiger partial charge in [-0.1, -0.05) is 29.3 Å². The van der Waals surface area contributed by atoms with Crippen molar-refractivity contribution < 1.29 is 13.2 Å². The third-order valence-electron chi connectivity index (χ3n) is 2.26. The fourth-order valence-electron chi connectivity index (χ4n) is 1.54. The zero-order chi connectivity index (χ0) is 13.6. The van der Waals surface area contributed by atoms with Gasteiger partial charge in [0.1, 0.15) is 18.7 Å². The van der Waals surface area contributed by atoms with E-state index in [-0.39, 0.29) is 6.54 Å². The van der Waals surface area contributed by atoms with Gasteiger partial charge in [-0.05, 0) is 6.42 Å². The molecule has 1 heterocycles. The normalized spacial score (nSPS) is 11.6. The molecule has 0 fully saturated rings. The minimum absolute atomic E-state index is 0.252. The third kappa shape index (κ3) is 5.20. The van der Waals surface area contributed by atoms with Crippen molar-refractivity contribution in [2.24, 2.45) is 0 Å². The lowest BCUT2D eigenvalue weighted by atomic mass is 10.2. The Hall–Kier alpha value is -0.850. The van der Waals surface area contributed by atoms with Gasteiger partial charge in [0.05, 0.1) is 0 Å². The predicted octanol–water partition coefficient (Wildman–Crippen LogP) is 3.19. The number of halogens is 4. The van der Waals surface area contributed by atoms with Crippen LogP contribution in [-0.4, -0.2) is 34.6 Å². The highest BCUT2D eigenvalue weighted by Gasteiger charge is 2.31. The number of aryl methyl sites for hydroxylation is 1. The molecule has 0 saturated carbocycles. The number of alkyl halides is 4. The third-order valence-corrected chi connectivity index (χ3v) is 2.62. The Bertz CT molecular complexity index is 371. The first-order valence-electron chi connectivity index (χ1n) is 5.65. The van der Waals surface area contributed by atoms with Crippen molar-refractivity contribution in [2.75, 3.05) is 23.3 Å². The van der Waals surface area contributed by atoms with Crippen molar-refractivity contribution in [1.29, 1.82) is 0 Å². The SMILES string of the molecule is CCCc1cc(N(CCBr)CC(F)(F)F)ncn1. The topological polar surface area (TPSA) is 29.0 Å². The molecule has 0 aromatic carbocycles. The van der Waals surface area contributed by atoms with Crippen LogP contribution in [0.15, 0.2) is 12.4 Å². The van der Waals surface area contributed by atoms with Crippen LogP contribution < -0.4 is 4.90 Å². The van der Waals surface area contributed by atoms with Crippen molar-refractivity contribution in [3.05, 3.63) is 18.1 Å². The number of anilines is 1. The first kappa shape index (κ1) is 15.2. The Morgan fingerprint density at radius 2 is 2.06 bits per heavy atom. The van der Waals surface area contributed by atoms with E-state index in [2.05, 4.69) is 25.9 Å². The molecular formula is C11H15BrF3N3. The van der Waals surface area contributed by atoms with Crippen LogP contribution in [0.5, 0.6) is 0 Å². The summed E-state index contributed by atoms with van der Waals surface area (Å²) in [4.78, 5) is 9.16. The summed E-state index contributed by atoms with van der Waals surface area (Å²) in [6, 6.07) is 1.62. The highest BCUT2D eigenvalue weighted by molar-refractivity contribution is 9.09. The number of rotatable bonds is 6. The Kier molecular flexibility index (Phi) is 5.84. The molecule has 0 aliphatic carbocycles. The van der Waals surface area contributed by atoms with Crippen LogP contribution >= 0.6 is 15.9 Å². The molecular weight excluding hydrogens is 311 g/mol. The van der Waals surface area contributed by atoms with Crippen LogP contribution in [0.3, 0.4) is 0 Å². The van der Waals surface area contributed by atoms with E-state index in [4.69, 9.17) is 0 Å². The van der Waals surface area contributed by atoms with Gasteiger partial charge in [0.15, 0.2) is 0 Å². The molecule has 1 aromatic rings. The summed E-state index contributed by atoms with van der Waals surface area (Å²) in [5.41, 5.74) is 0.768. The lowest BCUT2D eigenvalue weighted by molar-refractivity contribution is -0.119. The molecule has 0 amide bonds. The van der Waals surface area contributed by atoms with Crippen molar-refractivity contribution in [3.8, 4) is 0 Å². The molecule has 102 valence electrons. The van der Waals surface area contributed by atoms with Crippen LogP contribution in [0.25, 0.3) is 0 Å². The summed E-state index contributed by atoms with van der Waals surface area (Å²) in [6.45, 7) is 1.25. The smallest absolute Gasteiger partial charge is 0.347 e. The van der Waals surface area contributed by atoms with Gasteiger partial charge in [-0.3, -0.25) is 0 Å². The average Bonchev–Trinajstić information content (AvgIpc) is 2.28. The number of hydrogen-bond donors (Lipinski definition) is 0. The van der Waals surface area contributed by atoms with Crippen LogP contribution in [0.1, 0.15) is 19.0 Å². The number of nitrogens with zero attached hydrogens (tertiary/aromatic N) is 3. The summed E-state index contributed by atoms with van der Waals surface area (Å²) >= 11 is 3.15. The van der Waals surface area contributed by atoms with E-state index in [0.29, 0.717) is 11.1 Å². The molecule has 7 heteroatoms.